The Morgan fingerprint density at radius 3 is 3.33 bits per heavy atom. The summed E-state index contributed by atoms with van der Waals surface area (Å²) in [6.45, 7) is 2.19. The van der Waals surface area contributed by atoms with Crippen LogP contribution in [0.4, 0.5) is 0 Å². The van der Waals surface area contributed by atoms with Gasteiger partial charge in [-0.1, -0.05) is 5.16 Å². The Balaban J connectivity index is 2.27. The number of fused-ring (bicyclic) bond motifs is 1. The molecule has 0 radical (unpaired) electrons. The number of hydrogen-bond donors (Lipinski definition) is 2. The molecule has 0 bridgehead atoms. The quantitative estimate of drug-likeness (QED) is 0.330. The van der Waals surface area contributed by atoms with E-state index in [1.165, 1.54) is 18.5 Å². The Morgan fingerprint density at radius 1 is 1.80 bits per heavy atom. The van der Waals surface area contributed by atoms with Crippen molar-refractivity contribution in [1.29, 1.82) is 0 Å². The first-order chi connectivity index (χ1) is 7.22. The number of amidine groups is 1. The fraction of sp³-hybridized carbons (Fsp3) is 0.600. The average Bonchev–Trinajstić information content (AvgIpc) is 2.63. The molecule has 1 aliphatic rings. The van der Waals surface area contributed by atoms with Crippen LogP contribution in [0.15, 0.2) is 11.5 Å². The van der Waals surface area contributed by atoms with Crippen molar-refractivity contribution >= 4 is 5.84 Å². The summed E-state index contributed by atoms with van der Waals surface area (Å²) in [6, 6.07) is 0.516. The maximum absolute atomic E-state index is 8.52. The van der Waals surface area contributed by atoms with Gasteiger partial charge >= 0.3 is 0 Å². The van der Waals surface area contributed by atoms with E-state index < -0.39 is 0 Å². The van der Waals surface area contributed by atoms with Gasteiger partial charge in [-0.2, -0.15) is 0 Å². The van der Waals surface area contributed by atoms with E-state index in [2.05, 4.69) is 21.6 Å². The van der Waals surface area contributed by atoms with Crippen LogP contribution in [0.3, 0.4) is 0 Å². The number of nitrogens with two attached hydrogens (primary N) is 1. The third-order valence-corrected chi connectivity index (χ3v) is 2.97. The second-order valence-corrected chi connectivity index (χ2v) is 4.05. The van der Waals surface area contributed by atoms with Crippen LogP contribution in [0, 0.1) is 0 Å². The Labute approximate surface area is 88.6 Å². The molecule has 0 amide bonds. The largest absolute Gasteiger partial charge is 0.409 e. The highest BCUT2D eigenvalue weighted by Gasteiger charge is 2.19. The van der Waals surface area contributed by atoms with Gasteiger partial charge in [-0.25, -0.2) is 4.98 Å². The molecule has 1 aromatic rings. The van der Waals surface area contributed by atoms with Crippen molar-refractivity contribution in [2.45, 2.75) is 38.6 Å². The lowest BCUT2D eigenvalue weighted by Gasteiger charge is -2.22. The van der Waals surface area contributed by atoms with Crippen molar-refractivity contribution in [2.24, 2.45) is 10.9 Å². The summed E-state index contributed by atoms with van der Waals surface area (Å²) in [5.74, 6) is 0.217. The van der Waals surface area contributed by atoms with Gasteiger partial charge in [0, 0.05) is 11.7 Å². The van der Waals surface area contributed by atoms with Gasteiger partial charge in [-0.15, -0.1) is 0 Å². The van der Waals surface area contributed by atoms with E-state index in [1.54, 1.807) is 0 Å². The van der Waals surface area contributed by atoms with E-state index in [-0.39, 0.29) is 5.84 Å². The molecule has 0 saturated heterocycles. The number of oxime groups is 1. The highest BCUT2D eigenvalue weighted by Crippen LogP contribution is 2.26. The van der Waals surface area contributed by atoms with Crippen molar-refractivity contribution in [1.82, 2.24) is 9.55 Å². The van der Waals surface area contributed by atoms with E-state index >= 15 is 0 Å². The lowest BCUT2D eigenvalue weighted by atomic mass is 10.0. The number of imidazole rings is 1. The van der Waals surface area contributed by atoms with Crippen LogP contribution >= 0.6 is 0 Å². The summed E-state index contributed by atoms with van der Waals surface area (Å²) in [7, 11) is 0. The van der Waals surface area contributed by atoms with Crippen molar-refractivity contribution in [3.8, 4) is 0 Å². The van der Waals surface area contributed by atoms with Gasteiger partial charge in [-0.3, -0.25) is 0 Å². The first-order valence-corrected chi connectivity index (χ1v) is 5.23. The number of hydrogen-bond acceptors (Lipinski definition) is 3. The summed E-state index contributed by atoms with van der Waals surface area (Å²) < 4.78 is 2.20. The van der Waals surface area contributed by atoms with E-state index in [1.807, 2.05) is 6.33 Å². The maximum Gasteiger partial charge on any atom is 0.145 e. The monoisotopic (exact) mass is 208 g/mol. The zero-order valence-electron chi connectivity index (χ0n) is 8.85. The molecule has 5 heteroatoms. The van der Waals surface area contributed by atoms with E-state index in [0.29, 0.717) is 12.5 Å². The fourth-order valence-electron chi connectivity index (χ4n) is 2.14. The zero-order valence-corrected chi connectivity index (χ0v) is 8.85. The highest BCUT2D eigenvalue weighted by molar-refractivity contribution is 5.81. The van der Waals surface area contributed by atoms with Gasteiger partial charge in [-0.05, 0) is 26.2 Å². The van der Waals surface area contributed by atoms with Crippen molar-refractivity contribution in [2.75, 3.05) is 0 Å². The number of rotatable bonds is 2. The standard InChI is InChI=1S/C10H16N4O/c1-7-3-2-4-9-8(5-10(11)13-15)12-6-14(7)9/h6-7,15H,2-5H2,1H3,(H2,11,13). The van der Waals surface area contributed by atoms with E-state index in [4.69, 9.17) is 10.9 Å². The van der Waals surface area contributed by atoms with Crippen molar-refractivity contribution in [3.05, 3.63) is 17.7 Å². The average molecular weight is 208 g/mol. The molecule has 82 valence electrons. The Morgan fingerprint density at radius 2 is 2.60 bits per heavy atom. The van der Waals surface area contributed by atoms with Crippen LogP contribution in [0.25, 0.3) is 0 Å². The van der Waals surface area contributed by atoms with Crippen LogP contribution in [-0.2, 0) is 12.8 Å². The first kappa shape index (κ1) is 10.0. The van der Waals surface area contributed by atoms with Crippen LogP contribution in [-0.4, -0.2) is 20.6 Å². The van der Waals surface area contributed by atoms with Crippen LogP contribution < -0.4 is 5.73 Å². The summed E-state index contributed by atoms with van der Waals surface area (Å²) in [4.78, 5) is 4.33. The minimum absolute atomic E-state index is 0.217. The molecule has 1 atom stereocenters. The van der Waals surface area contributed by atoms with Gasteiger partial charge in [0.2, 0.25) is 0 Å². The van der Waals surface area contributed by atoms with Gasteiger partial charge in [0.25, 0.3) is 0 Å². The van der Waals surface area contributed by atoms with E-state index in [0.717, 1.165) is 12.1 Å². The fourth-order valence-corrected chi connectivity index (χ4v) is 2.14. The molecule has 0 spiro atoms. The molecule has 0 aromatic carbocycles. The SMILES string of the molecule is CC1CCCc2c(C/C(N)=N/O)ncn21. The highest BCUT2D eigenvalue weighted by atomic mass is 16.4. The summed E-state index contributed by atoms with van der Waals surface area (Å²) >= 11 is 0. The third-order valence-electron chi connectivity index (χ3n) is 2.97. The summed E-state index contributed by atoms with van der Waals surface area (Å²) in [6.07, 6.45) is 5.73. The lowest BCUT2D eigenvalue weighted by Crippen LogP contribution is -2.19. The maximum atomic E-state index is 8.52. The Hall–Kier alpha value is -1.52. The van der Waals surface area contributed by atoms with Gasteiger partial charge in [0.05, 0.1) is 18.4 Å². The first-order valence-electron chi connectivity index (χ1n) is 5.23. The van der Waals surface area contributed by atoms with Gasteiger partial charge in [0.15, 0.2) is 0 Å². The Bertz CT molecular complexity index is 383. The Kier molecular flexibility index (Phi) is 2.62. The predicted molar refractivity (Wildman–Crippen MR) is 57.0 cm³/mol. The predicted octanol–water partition coefficient (Wildman–Crippen LogP) is 1.07. The molecule has 15 heavy (non-hydrogen) atoms. The third kappa shape index (κ3) is 1.82. The minimum atomic E-state index is 0.217. The number of nitrogens with zero attached hydrogens (tertiary/aromatic N) is 3. The van der Waals surface area contributed by atoms with E-state index in [9.17, 15) is 0 Å². The van der Waals surface area contributed by atoms with Crippen LogP contribution in [0.2, 0.25) is 0 Å². The van der Waals surface area contributed by atoms with Crippen molar-refractivity contribution < 1.29 is 5.21 Å². The molecule has 1 unspecified atom stereocenters. The lowest BCUT2D eigenvalue weighted by molar-refractivity contribution is 0.317. The number of aromatic nitrogens is 2. The van der Waals surface area contributed by atoms with Gasteiger partial charge < -0.3 is 15.5 Å². The molecule has 0 aliphatic carbocycles. The summed E-state index contributed by atoms with van der Waals surface area (Å²) in [5.41, 5.74) is 7.66. The molecule has 1 aliphatic heterocycles. The minimum Gasteiger partial charge on any atom is -0.409 e. The molecule has 2 rings (SSSR count). The molecule has 0 fully saturated rings. The van der Waals surface area contributed by atoms with Crippen LogP contribution in [0.5, 0.6) is 0 Å². The zero-order chi connectivity index (χ0) is 10.8. The molecule has 0 saturated carbocycles. The molecular weight excluding hydrogens is 192 g/mol. The molecule has 2 heterocycles. The molecule has 5 nitrogen and oxygen atoms in total. The van der Waals surface area contributed by atoms with Crippen LogP contribution in [0.1, 0.15) is 37.2 Å². The van der Waals surface area contributed by atoms with Crippen molar-refractivity contribution in [3.63, 3.8) is 0 Å². The van der Waals surface area contributed by atoms with Gasteiger partial charge in [0.1, 0.15) is 5.84 Å². The normalized spacial score (nSPS) is 21.4. The second kappa shape index (κ2) is 3.92. The second-order valence-electron chi connectivity index (χ2n) is 4.05. The summed E-state index contributed by atoms with van der Waals surface area (Å²) in [5, 5.41) is 11.5. The smallest absolute Gasteiger partial charge is 0.145 e. The topological polar surface area (TPSA) is 76.4 Å². The molecular formula is C10H16N4O. The molecule has 1 aromatic heterocycles. The molecule has 3 N–H and O–H groups in total.